The summed E-state index contributed by atoms with van der Waals surface area (Å²) < 4.78 is 30.5. The summed E-state index contributed by atoms with van der Waals surface area (Å²) in [6.45, 7) is 1.66. The maximum absolute atomic E-state index is 11.7. The lowest BCUT2D eigenvalue weighted by Gasteiger charge is -2.12. The normalized spacial score (nSPS) is 21.6. The molecule has 1 aliphatic rings. The van der Waals surface area contributed by atoms with E-state index in [2.05, 4.69) is 14.4 Å². The van der Waals surface area contributed by atoms with Crippen molar-refractivity contribution < 1.29 is 17.9 Å². The summed E-state index contributed by atoms with van der Waals surface area (Å²) in [5.41, 5.74) is 0. The average Bonchev–Trinajstić information content (AvgIpc) is 2.62. The molecule has 0 aromatic heterocycles. The van der Waals surface area contributed by atoms with Gasteiger partial charge >= 0.3 is 5.97 Å². The molecule has 0 amide bonds. The molecule has 17 heavy (non-hydrogen) atoms. The maximum Gasteiger partial charge on any atom is 0.305 e. The number of likely N-dealkylation sites (N-methyl/N-ethyl adjacent to an activating group) is 1. The van der Waals surface area contributed by atoms with E-state index in [-0.39, 0.29) is 24.2 Å². The van der Waals surface area contributed by atoms with Gasteiger partial charge in [-0.05, 0) is 26.4 Å². The number of sulfonamides is 1. The van der Waals surface area contributed by atoms with Gasteiger partial charge in [-0.1, -0.05) is 0 Å². The van der Waals surface area contributed by atoms with E-state index in [4.69, 9.17) is 0 Å². The van der Waals surface area contributed by atoms with E-state index in [9.17, 15) is 13.2 Å². The molecule has 0 bridgehead atoms. The van der Waals surface area contributed by atoms with Gasteiger partial charge in [0.05, 0.1) is 12.9 Å². The molecular weight excluding hydrogens is 244 g/mol. The fourth-order valence-corrected chi connectivity index (χ4v) is 3.20. The third kappa shape index (κ3) is 5.47. The first-order valence-corrected chi connectivity index (χ1v) is 7.33. The second kappa shape index (κ2) is 6.32. The molecule has 1 rings (SSSR count). The van der Waals surface area contributed by atoms with Gasteiger partial charge in [0, 0.05) is 19.0 Å². The van der Waals surface area contributed by atoms with Gasteiger partial charge in [0.15, 0.2) is 0 Å². The Hall–Kier alpha value is -0.660. The molecule has 1 N–H and O–H groups in total. The summed E-state index contributed by atoms with van der Waals surface area (Å²) in [6.07, 6.45) is 1.28. The van der Waals surface area contributed by atoms with Gasteiger partial charge in [0.25, 0.3) is 0 Å². The number of hydrogen-bond donors (Lipinski definition) is 1. The molecule has 1 atom stereocenters. The van der Waals surface area contributed by atoms with E-state index in [1.54, 1.807) is 0 Å². The van der Waals surface area contributed by atoms with Gasteiger partial charge < -0.3 is 9.64 Å². The number of ether oxygens (including phenoxy) is 1. The molecule has 0 spiro atoms. The molecule has 1 aliphatic heterocycles. The first kappa shape index (κ1) is 14.4. The van der Waals surface area contributed by atoms with Crippen LogP contribution in [-0.2, 0) is 19.6 Å². The van der Waals surface area contributed by atoms with Crippen LogP contribution in [0.25, 0.3) is 0 Å². The Morgan fingerprint density at radius 2 is 2.24 bits per heavy atom. The minimum atomic E-state index is -3.28. The fourth-order valence-electron chi connectivity index (χ4n) is 1.85. The van der Waals surface area contributed by atoms with Crippen molar-refractivity contribution in [3.63, 3.8) is 0 Å². The monoisotopic (exact) mass is 264 g/mol. The van der Waals surface area contributed by atoms with Crippen LogP contribution in [0, 0.1) is 0 Å². The highest BCUT2D eigenvalue weighted by molar-refractivity contribution is 7.89. The van der Waals surface area contributed by atoms with Crippen molar-refractivity contribution in [2.75, 3.05) is 33.0 Å². The molecule has 6 nitrogen and oxygen atoms in total. The number of likely N-dealkylation sites (tertiary alicyclic amines) is 1. The van der Waals surface area contributed by atoms with Crippen LogP contribution in [0.5, 0.6) is 0 Å². The van der Waals surface area contributed by atoms with Crippen molar-refractivity contribution in [3.05, 3.63) is 0 Å². The number of nitrogens with zero attached hydrogens (tertiary/aromatic N) is 1. The maximum atomic E-state index is 11.7. The Morgan fingerprint density at radius 1 is 1.53 bits per heavy atom. The number of esters is 1. The highest BCUT2D eigenvalue weighted by Gasteiger charge is 2.24. The van der Waals surface area contributed by atoms with Crippen LogP contribution in [0.2, 0.25) is 0 Å². The van der Waals surface area contributed by atoms with Gasteiger partial charge in [-0.3, -0.25) is 4.79 Å². The van der Waals surface area contributed by atoms with E-state index in [1.165, 1.54) is 7.11 Å². The molecule has 0 aromatic rings. The molecule has 0 saturated carbocycles. The molecule has 0 radical (unpaired) electrons. The predicted octanol–water partition coefficient (Wildman–Crippen LogP) is -0.437. The minimum absolute atomic E-state index is 0.00290. The van der Waals surface area contributed by atoms with Gasteiger partial charge in [-0.2, -0.15) is 0 Å². The molecule has 7 heteroatoms. The Kier molecular flexibility index (Phi) is 5.35. The summed E-state index contributed by atoms with van der Waals surface area (Å²) >= 11 is 0. The summed E-state index contributed by atoms with van der Waals surface area (Å²) in [4.78, 5) is 12.9. The number of carbonyl (C=O) groups is 1. The average molecular weight is 264 g/mol. The lowest BCUT2D eigenvalue weighted by molar-refractivity contribution is -0.140. The summed E-state index contributed by atoms with van der Waals surface area (Å²) in [7, 11) is -0.0178. The standard InChI is InChI=1S/C10H20N2O4S/c1-12-6-5-9(8-12)11-17(14,15)7-3-4-10(13)16-2/h9,11H,3-8H2,1-2H3. The molecule has 1 saturated heterocycles. The third-order valence-corrected chi connectivity index (χ3v) is 4.28. The van der Waals surface area contributed by atoms with Gasteiger partial charge in [-0.15, -0.1) is 0 Å². The molecule has 1 heterocycles. The zero-order valence-corrected chi connectivity index (χ0v) is 11.1. The van der Waals surface area contributed by atoms with Gasteiger partial charge in [0.1, 0.15) is 0 Å². The zero-order chi connectivity index (χ0) is 12.9. The van der Waals surface area contributed by atoms with Crippen molar-refractivity contribution in [1.29, 1.82) is 0 Å². The summed E-state index contributed by atoms with van der Waals surface area (Å²) in [5.74, 6) is -0.400. The first-order chi connectivity index (χ1) is 7.93. The van der Waals surface area contributed by atoms with Crippen molar-refractivity contribution >= 4 is 16.0 Å². The first-order valence-electron chi connectivity index (χ1n) is 5.68. The largest absolute Gasteiger partial charge is 0.469 e. The lowest BCUT2D eigenvalue weighted by atomic mass is 10.3. The molecule has 0 aliphatic carbocycles. The van der Waals surface area contributed by atoms with Crippen LogP contribution in [0.3, 0.4) is 0 Å². The Bertz CT molecular complexity index is 355. The van der Waals surface area contributed by atoms with Crippen LogP contribution >= 0.6 is 0 Å². The van der Waals surface area contributed by atoms with E-state index >= 15 is 0 Å². The van der Waals surface area contributed by atoms with Crippen molar-refractivity contribution in [3.8, 4) is 0 Å². The molecule has 0 aromatic carbocycles. The van der Waals surface area contributed by atoms with Crippen molar-refractivity contribution in [2.45, 2.75) is 25.3 Å². The third-order valence-electron chi connectivity index (χ3n) is 2.76. The van der Waals surface area contributed by atoms with Crippen LogP contribution < -0.4 is 4.72 Å². The Morgan fingerprint density at radius 3 is 2.76 bits per heavy atom. The molecule has 1 fully saturated rings. The quantitative estimate of drug-likeness (QED) is 0.658. The summed E-state index contributed by atoms with van der Waals surface area (Å²) in [5, 5.41) is 0. The SMILES string of the molecule is COC(=O)CCCS(=O)(=O)NC1CCN(C)C1. The highest BCUT2D eigenvalue weighted by Crippen LogP contribution is 2.08. The second-order valence-corrected chi connectivity index (χ2v) is 6.24. The van der Waals surface area contributed by atoms with Crippen LogP contribution in [0.4, 0.5) is 0 Å². The van der Waals surface area contributed by atoms with Crippen molar-refractivity contribution in [1.82, 2.24) is 9.62 Å². The number of hydrogen-bond acceptors (Lipinski definition) is 5. The fraction of sp³-hybridized carbons (Fsp3) is 0.900. The van der Waals surface area contributed by atoms with Crippen LogP contribution in [-0.4, -0.2) is 58.3 Å². The van der Waals surface area contributed by atoms with E-state index < -0.39 is 10.0 Å². The smallest absolute Gasteiger partial charge is 0.305 e. The number of nitrogens with one attached hydrogen (secondary N) is 1. The summed E-state index contributed by atoms with van der Waals surface area (Å²) in [6, 6.07) is 0.00290. The van der Waals surface area contributed by atoms with Crippen LogP contribution in [0.15, 0.2) is 0 Å². The van der Waals surface area contributed by atoms with Gasteiger partial charge in [-0.25, -0.2) is 13.1 Å². The predicted molar refractivity (Wildman–Crippen MR) is 64.1 cm³/mol. The van der Waals surface area contributed by atoms with Gasteiger partial charge in [0.2, 0.25) is 10.0 Å². The highest BCUT2D eigenvalue weighted by atomic mass is 32.2. The molecular formula is C10H20N2O4S. The zero-order valence-electron chi connectivity index (χ0n) is 10.3. The lowest BCUT2D eigenvalue weighted by Crippen LogP contribution is -2.37. The Balaban J connectivity index is 2.28. The van der Waals surface area contributed by atoms with E-state index in [1.807, 2.05) is 7.05 Å². The topological polar surface area (TPSA) is 75.7 Å². The van der Waals surface area contributed by atoms with E-state index in [0.29, 0.717) is 6.42 Å². The number of methoxy groups -OCH3 is 1. The van der Waals surface area contributed by atoms with E-state index in [0.717, 1.165) is 19.5 Å². The molecule has 1 unspecified atom stereocenters. The van der Waals surface area contributed by atoms with Crippen LogP contribution in [0.1, 0.15) is 19.3 Å². The molecule has 100 valence electrons. The number of rotatable bonds is 6. The number of carbonyl (C=O) groups excluding carboxylic acids is 1. The minimum Gasteiger partial charge on any atom is -0.469 e. The van der Waals surface area contributed by atoms with Crippen molar-refractivity contribution in [2.24, 2.45) is 0 Å². The Labute approximate surface area is 102 Å². The second-order valence-electron chi connectivity index (χ2n) is 4.36.